The van der Waals surface area contributed by atoms with Gasteiger partial charge >= 0.3 is 6.18 Å². The van der Waals surface area contributed by atoms with Crippen molar-refractivity contribution in [3.05, 3.63) is 35.4 Å². The van der Waals surface area contributed by atoms with Gasteiger partial charge in [0.15, 0.2) is 0 Å². The van der Waals surface area contributed by atoms with E-state index in [1.54, 1.807) is 13.0 Å². The molecule has 1 unspecified atom stereocenters. The predicted octanol–water partition coefficient (Wildman–Crippen LogP) is 3.28. The molecule has 100 valence electrons. The Morgan fingerprint density at radius 1 is 1.22 bits per heavy atom. The van der Waals surface area contributed by atoms with Crippen LogP contribution in [0.15, 0.2) is 24.3 Å². The van der Waals surface area contributed by atoms with Crippen LogP contribution in [0.1, 0.15) is 31.9 Å². The summed E-state index contributed by atoms with van der Waals surface area (Å²) in [6.07, 6.45) is -4.33. The summed E-state index contributed by atoms with van der Waals surface area (Å²) in [5.74, 6) is 0. The predicted molar refractivity (Wildman–Crippen MR) is 62.0 cm³/mol. The first-order chi connectivity index (χ1) is 8.12. The lowest BCUT2D eigenvalue weighted by Gasteiger charge is -2.27. The van der Waals surface area contributed by atoms with Gasteiger partial charge in [0.25, 0.3) is 0 Å². The first kappa shape index (κ1) is 13.4. The van der Waals surface area contributed by atoms with Crippen LogP contribution in [0.2, 0.25) is 0 Å². The van der Waals surface area contributed by atoms with Crippen LogP contribution in [0.4, 0.5) is 13.2 Å². The van der Waals surface area contributed by atoms with Gasteiger partial charge < -0.3 is 4.74 Å². The standard InChI is InChI=1S/C13H16F3NO/c1-11(2)8-18-12(3,17-11)9-5-4-6-10(7-9)13(14,15)16/h4-7,17H,8H2,1-3H3. The number of ether oxygens (including phenoxy) is 1. The molecule has 0 spiro atoms. The van der Waals surface area contributed by atoms with Gasteiger partial charge in [-0.2, -0.15) is 13.2 Å². The van der Waals surface area contributed by atoms with Crippen molar-refractivity contribution in [2.24, 2.45) is 0 Å². The Balaban J connectivity index is 2.35. The maximum absolute atomic E-state index is 12.7. The zero-order valence-electron chi connectivity index (χ0n) is 10.6. The summed E-state index contributed by atoms with van der Waals surface area (Å²) >= 11 is 0. The molecule has 1 atom stereocenters. The Hall–Kier alpha value is -1.07. The minimum Gasteiger partial charge on any atom is -0.355 e. The highest BCUT2D eigenvalue weighted by Gasteiger charge is 2.42. The molecule has 1 aliphatic rings. The first-order valence-corrected chi connectivity index (χ1v) is 5.73. The summed E-state index contributed by atoms with van der Waals surface area (Å²) < 4.78 is 43.6. The molecule has 1 fully saturated rings. The third-order valence-electron chi connectivity index (χ3n) is 3.04. The second-order valence-electron chi connectivity index (χ2n) is 5.41. The number of hydrogen-bond acceptors (Lipinski definition) is 2. The topological polar surface area (TPSA) is 21.3 Å². The van der Waals surface area contributed by atoms with Crippen LogP contribution in [-0.2, 0) is 16.6 Å². The Morgan fingerprint density at radius 3 is 2.39 bits per heavy atom. The molecular formula is C13H16F3NO. The van der Waals surface area contributed by atoms with Gasteiger partial charge in [-0.25, -0.2) is 0 Å². The molecule has 1 aromatic rings. The SMILES string of the molecule is CC1(C)COC(C)(c2cccc(C(F)(F)F)c2)N1. The van der Waals surface area contributed by atoms with Crippen molar-refractivity contribution < 1.29 is 17.9 Å². The zero-order valence-corrected chi connectivity index (χ0v) is 10.6. The van der Waals surface area contributed by atoms with Crippen LogP contribution < -0.4 is 5.32 Å². The molecular weight excluding hydrogens is 243 g/mol. The molecule has 2 nitrogen and oxygen atoms in total. The van der Waals surface area contributed by atoms with Crippen molar-refractivity contribution in [3.8, 4) is 0 Å². The van der Waals surface area contributed by atoms with Crippen molar-refractivity contribution in [1.29, 1.82) is 0 Å². The molecule has 1 heterocycles. The van der Waals surface area contributed by atoms with E-state index in [0.29, 0.717) is 12.2 Å². The summed E-state index contributed by atoms with van der Waals surface area (Å²) in [6.45, 7) is 6.11. The number of hydrogen-bond donors (Lipinski definition) is 1. The van der Waals surface area contributed by atoms with Gasteiger partial charge in [-0.1, -0.05) is 12.1 Å². The van der Waals surface area contributed by atoms with Crippen LogP contribution in [0, 0.1) is 0 Å². The maximum atomic E-state index is 12.7. The summed E-state index contributed by atoms with van der Waals surface area (Å²) in [6, 6.07) is 5.24. The van der Waals surface area contributed by atoms with Crippen molar-refractivity contribution in [2.45, 2.75) is 38.2 Å². The van der Waals surface area contributed by atoms with E-state index in [1.807, 2.05) is 13.8 Å². The molecule has 18 heavy (non-hydrogen) atoms. The normalized spacial score (nSPS) is 27.4. The van der Waals surface area contributed by atoms with Gasteiger partial charge in [0.05, 0.1) is 12.2 Å². The van der Waals surface area contributed by atoms with Gasteiger partial charge in [-0.15, -0.1) is 0 Å². The van der Waals surface area contributed by atoms with E-state index < -0.39 is 17.5 Å². The highest BCUT2D eigenvalue weighted by atomic mass is 19.4. The zero-order chi connectivity index (χ0) is 13.6. The summed E-state index contributed by atoms with van der Waals surface area (Å²) in [4.78, 5) is 0. The molecule has 1 saturated heterocycles. The molecule has 0 radical (unpaired) electrons. The van der Waals surface area contributed by atoms with Crippen molar-refractivity contribution in [3.63, 3.8) is 0 Å². The molecule has 5 heteroatoms. The third-order valence-corrected chi connectivity index (χ3v) is 3.04. The van der Waals surface area contributed by atoms with Gasteiger partial charge in [-0.05, 0) is 38.5 Å². The van der Waals surface area contributed by atoms with Gasteiger partial charge in [0.2, 0.25) is 0 Å². The number of alkyl halides is 3. The lowest BCUT2D eigenvalue weighted by molar-refractivity contribution is -0.137. The highest BCUT2D eigenvalue weighted by Crippen LogP contribution is 2.35. The smallest absolute Gasteiger partial charge is 0.355 e. The average molecular weight is 259 g/mol. The van der Waals surface area contributed by atoms with Gasteiger partial charge in [0, 0.05) is 5.54 Å². The highest BCUT2D eigenvalue weighted by molar-refractivity contribution is 5.30. The molecule has 0 bridgehead atoms. The van der Waals surface area contributed by atoms with Crippen molar-refractivity contribution in [2.75, 3.05) is 6.61 Å². The van der Waals surface area contributed by atoms with Crippen LogP contribution in [-0.4, -0.2) is 12.1 Å². The van der Waals surface area contributed by atoms with E-state index in [0.717, 1.165) is 12.1 Å². The third kappa shape index (κ3) is 2.52. The number of halogens is 3. The Bertz CT molecular complexity index is 456. The number of rotatable bonds is 1. The fourth-order valence-electron chi connectivity index (χ4n) is 2.19. The minimum absolute atomic E-state index is 0.247. The van der Waals surface area contributed by atoms with Crippen LogP contribution >= 0.6 is 0 Å². The van der Waals surface area contributed by atoms with E-state index in [9.17, 15) is 13.2 Å². The molecule has 0 aromatic heterocycles. The molecule has 1 N–H and O–H groups in total. The summed E-state index contributed by atoms with van der Waals surface area (Å²) in [5, 5.41) is 3.21. The molecule has 0 amide bonds. The quantitative estimate of drug-likeness (QED) is 0.835. The first-order valence-electron chi connectivity index (χ1n) is 5.73. The second-order valence-corrected chi connectivity index (χ2v) is 5.41. The fourth-order valence-corrected chi connectivity index (χ4v) is 2.19. The van der Waals surface area contributed by atoms with Crippen LogP contribution in [0.3, 0.4) is 0 Å². The Labute approximate surface area is 104 Å². The lowest BCUT2D eigenvalue weighted by atomic mass is 10.00. The van der Waals surface area contributed by atoms with Crippen molar-refractivity contribution >= 4 is 0 Å². The molecule has 2 rings (SSSR count). The molecule has 1 aromatic carbocycles. The fraction of sp³-hybridized carbons (Fsp3) is 0.538. The Morgan fingerprint density at radius 2 is 1.89 bits per heavy atom. The second kappa shape index (κ2) is 3.96. The number of nitrogens with one attached hydrogen (secondary N) is 1. The van der Waals surface area contributed by atoms with E-state index in [-0.39, 0.29) is 5.54 Å². The Kier molecular flexibility index (Phi) is 2.94. The number of benzene rings is 1. The molecule has 0 saturated carbocycles. The monoisotopic (exact) mass is 259 g/mol. The minimum atomic E-state index is -4.33. The molecule has 0 aliphatic carbocycles. The van der Waals surface area contributed by atoms with Crippen molar-refractivity contribution in [1.82, 2.24) is 5.32 Å². The van der Waals surface area contributed by atoms with E-state index >= 15 is 0 Å². The lowest BCUT2D eigenvalue weighted by Crippen LogP contribution is -2.44. The van der Waals surface area contributed by atoms with Gasteiger partial charge in [0.1, 0.15) is 5.72 Å². The maximum Gasteiger partial charge on any atom is 0.416 e. The van der Waals surface area contributed by atoms with E-state index in [2.05, 4.69) is 5.32 Å². The average Bonchev–Trinajstić information content (AvgIpc) is 2.53. The van der Waals surface area contributed by atoms with E-state index in [1.165, 1.54) is 6.07 Å². The summed E-state index contributed by atoms with van der Waals surface area (Å²) in [5.41, 5.74) is -1.28. The molecule has 1 aliphatic heterocycles. The van der Waals surface area contributed by atoms with E-state index in [4.69, 9.17) is 4.74 Å². The summed E-state index contributed by atoms with van der Waals surface area (Å²) in [7, 11) is 0. The van der Waals surface area contributed by atoms with Gasteiger partial charge in [-0.3, -0.25) is 5.32 Å². The largest absolute Gasteiger partial charge is 0.416 e. The van der Waals surface area contributed by atoms with Crippen LogP contribution in [0.5, 0.6) is 0 Å². The van der Waals surface area contributed by atoms with Crippen LogP contribution in [0.25, 0.3) is 0 Å².